The minimum Gasteiger partial charge on any atom is -0.497 e. The molecule has 9 heteroatoms. The van der Waals surface area contributed by atoms with E-state index in [1.54, 1.807) is 7.11 Å². The van der Waals surface area contributed by atoms with Crippen molar-refractivity contribution in [2.24, 2.45) is 0 Å². The second-order valence-corrected chi connectivity index (χ2v) is 8.62. The third kappa shape index (κ3) is 5.46. The number of hydrogen-bond acceptors (Lipinski definition) is 6. The van der Waals surface area contributed by atoms with Crippen LogP contribution in [0.15, 0.2) is 82.6 Å². The number of sulfone groups is 1. The molecule has 0 aliphatic carbocycles. The molecule has 0 aliphatic heterocycles. The molecule has 0 unspecified atom stereocenters. The van der Waals surface area contributed by atoms with Crippen LogP contribution in [-0.4, -0.2) is 26.4 Å². The van der Waals surface area contributed by atoms with Crippen molar-refractivity contribution in [1.82, 2.24) is 0 Å². The third-order valence-electron chi connectivity index (χ3n) is 4.61. The molecular formula is C22H20N2O6S. The maximum atomic E-state index is 12.7. The number of hydrogen-bond donors (Lipinski definition) is 1. The second kappa shape index (κ2) is 9.40. The first-order valence-electron chi connectivity index (χ1n) is 9.32. The molecule has 3 rings (SSSR count). The molecule has 3 aromatic carbocycles. The Labute approximate surface area is 179 Å². The first kappa shape index (κ1) is 22.0. The summed E-state index contributed by atoms with van der Waals surface area (Å²) >= 11 is 0. The number of amides is 1. The minimum atomic E-state index is -3.82. The Morgan fingerprint density at radius 2 is 1.48 bits per heavy atom. The highest BCUT2D eigenvalue weighted by Crippen LogP contribution is 2.24. The molecular weight excluding hydrogens is 420 g/mol. The van der Waals surface area contributed by atoms with Gasteiger partial charge in [0.25, 0.3) is 5.69 Å². The number of carbonyl (C=O) groups excluding carboxylic acids is 1. The van der Waals surface area contributed by atoms with Gasteiger partial charge in [0.15, 0.2) is 0 Å². The maximum Gasteiger partial charge on any atom is 0.269 e. The van der Waals surface area contributed by atoms with Crippen LogP contribution in [-0.2, 0) is 21.1 Å². The van der Waals surface area contributed by atoms with E-state index in [9.17, 15) is 23.3 Å². The van der Waals surface area contributed by atoms with Gasteiger partial charge in [-0.25, -0.2) is 8.42 Å². The highest BCUT2D eigenvalue weighted by atomic mass is 32.2. The molecule has 0 fully saturated rings. The van der Waals surface area contributed by atoms with Crippen LogP contribution < -0.4 is 10.1 Å². The van der Waals surface area contributed by atoms with Crippen molar-refractivity contribution < 1.29 is 22.9 Å². The predicted octanol–water partition coefficient (Wildman–Crippen LogP) is 4.01. The Morgan fingerprint density at radius 1 is 0.935 bits per heavy atom. The molecule has 0 saturated carbocycles. The number of anilines is 1. The number of ether oxygens (including phenoxy) is 1. The zero-order chi connectivity index (χ0) is 22.4. The van der Waals surface area contributed by atoms with Crippen LogP contribution in [0.25, 0.3) is 0 Å². The Morgan fingerprint density at radius 3 is 2.00 bits per heavy atom. The fraction of sp³-hybridized carbons (Fsp3) is 0.136. The summed E-state index contributed by atoms with van der Waals surface area (Å²) in [6.07, 6.45) is 0.831. The first-order valence-corrected chi connectivity index (χ1v) is 10.8. The Balaban J connectivity index is 1.62. The van der Waals surface area contributed by atoms with Gasteiger partial charge in [-0.3, -0.25) is 14.9 Å². The lowest BCUT2D eigenvalue weighted by Gasteiger charge is -2.08. The van der Waals surface area contributed by atoms with Gasteiger partial charge in [-0.2, -0.15) is 0 Å². The number of rotatable bonds is 8. The zero-order valence-corrected chi connectivity index (χ0v) is 17.5. The summed E-state index contributed by atoms with van der Waals surface area (Å²) in [5.41, 5.74) is 1.29. The SMILES string of the molecule is COc1ccc(CCC(=O)Nc2ccc(S(=O)(=O)c3ccc([N+](=O)[O-])cc3)cc2)cc1. The van der Waals surface area contributed by atoms with E-state index in [0.29, 0.717) is 12.1 Å². The molecule has 160 valence electrons. The van der Waals surface area contributed by atoms with Crippen LogP contribution in [0.5, 0.6) is 5.75 Å². The number of nitrogens with one attached hydrogen (secondary N) is 1. The Bertz CT molecular complexity index is 1170. The van der Waals surface area contributed by atoms with E-state index in [-0.39, 0.29) is 27.8 Å². The molecule has 31 heavy (non-hydrogen) atoms. The summed E-state index contributed by atoms with van der Waals surface area (Å²) in [7, 11) is -2.24. The van der Waals surface area contributed by atoms with Crippen LogP contribution in [0.4, 0.5) is 11.4 Å². The molecule has 0 atom stereocenters. The number of carbonyl (C=O) groups is 1. The molecule has 0 aliphatic rings. The number of non-ortho nitro benzene ring substituents is 1. The molecule has 0 bridgehead atoms. The van der Waals surface area contributed by atoms with Crippen LogP contribution in [0.1, 0.15) is 12.0 Å². The number of benzene rings is 3. The highest BCUT2D eigenvalue weighted by Gasteiger charge is 2.19. The van der Waals surface area contributed by atoms with E-state index in [4.69, 9.17) is 4.74 Å². The fourth-order valence-electron chi connectivity index (χ4n) is 2.87. The lowest BCUT2D eigenvalue weighted by molar-refractivity contribution is -0.384. The van der Waals surface area contributed by atoms with Gasteiger partial charge < -0.3 is 10.1 Å². The van der Waals surface area contributed by atoms with Crippen LogP contribution in [0.3, 0.4) is 0 Å². The smallest absolute Gasteiger partial charge is 0.269 e. The molecule has 1 amide bonds. The number of nitro groups is 1. The topological polar surface area (TPSA) is 116 Å². The van der Waals surface area contributed by atoms with Gasteiger partial charge in [-0.1, -0.05) is 12.1 Å². The van der Waals surface area contributed by atoms with Gasteiger partial charge in [0, 0.05) is 24.2 Å². The van der Waals surface area contributed by atoms with Crippen molar-refractivity contribution in [3.05, 3.63) is 88.5 Å². The van der Waals surface area contributed by atoms with E-state index < -0.39 is 14.8 Å². The highest BCUT2D eigenvalue weighted by molar-refractivity contribution is 7.91. The molecule has 8 nitrogen and oxygen atoms in total. The van der Waals surface area contributed by atoms with E-state index >= 15 is 0 Å². The van der Waals surface area contributed by atoms with Gasteiger partial charge in [0.05, 0.1) is 21.8 Å². The van der Waals surface area contributed by atoms with Crippen molar-refractivity contribution in [2.45, 2.75) is 22.6 Å². The summed E-state index contributed by atoms with van der Waals surface area (Å²) in [4.78, 5) is 22.3. The van der Waals surface area contributed by atoms with E-state index in [0.717, 1.165) is 23.4 Å². The van der Waals surface area contributed by atoms with E-state index in [1.165, 1.54) is 36.4 Å². The second-order valence-electron chi connectivity index (χ2n) is 6.68. The monoisotopic (exact) mass is 440 g/mol. The standard InChI is InChI=1S/C22H20N2O6S/c1-30-19-9-2-16(3-10-19)4-15-22(25)23-17-5-11-20(12-6-17)31(28,29)21-13-7-18(8-14-21)24(26)27/h2-3,5-14H,4,15H2,1H3,(H,23,25). The lowest BCUT2D eigenvalue weighted by Crippen LogP contribution is -2.12. The van der Waals surface area contributed by atoms with Gasteiger partial charge in [0.2, 0.25) is 15.7 Å². The largest absolute Gasteiger partial charge is 0.497 e. The molecule has 0 saturated heterocycles. The number of aryl methyl sites for hydroxylation is 1. The summed E-state index contributed by atoms with van der Waals surface area (Å²) in [5, 5.41) is 13.5. The lowest BCUT2D eigenvalue weighted by atomic mass is 10.1. The molecule has 0 aromatic heterocycles. The van der Waals surface area contributed by atoms with Crippen LogP contribution >= 0.6 is 0 Å². The van der Waals surface area contributed by atoms with Gasteiger partial charge in [-0.15, -0.1) is 0 Å². The first-order chi connectivity index (χ1) is 14.8. The van der Waals surface area contributed by atoms with Gasteiger partial charge >= 0.3 is 0 Å². The Hall–Kier alpha value is -3.72. The van der Waals surface area contributed by atoms with E-state index in [2.05, 4.69) is 5.32 Å². The summed E-state index contributed by atoms with van der Waals surface area (Å²) in [6, 6.07) is 17.9. The average Bonchev–Trinajstić information content (AvgIpc) is 2.78. The van der Waals surface area contributed by atoms with E-state index in [1.807, 2.05) is 24.3 Å². The van der Waals surface area contributed by atoms with Crippen molar-refractivity contribution in [1.29, 1.82) is 0 Å². The Kier molecular flexibility index (Phi) is 6.66. The number of methoxy groups -OCH3 is 1. The van der Waals surface area contributed by atoms with Gasteiger partial charge in [-0.05, 0) is 60.5 Å². The molecule has 3 aromatic rings. The van der Waals surface area contributed by atoms with Crippen molar-refractivity contribution >= 4 is 27.1 Å². The molecule has 1 N–H and O–H groups in total. The van der Waals surface area contributed by atoms with Crippen molar-refractivity contribution in [3.63, 3.8) is 0 Å². The summed E-state index contributed by atoms with van der Waals surface area (Å²) in [6.45, 7) is 0. The zero-order valence-electron chi connectivity index (χ0n) is 16.6. The van der Waals surface area contributed by atoms with Crippen LogP contribution in [0.2, 0.25) is 0 Å². The normalized spacial score (nSPS) is 11.0. The van der Waals surface area contributed by atoms with Crippen LogP contribution in [0, 0.1) is 10.1 Å². The molecule has 0 heterocycles. The fourth-order valence-corrected chi connectivity index (χ4v) is 4.14. The average molecular weight is 440 g/mol. The maximum absolute atomic E-state index is 12.7. The molecule has 0 radical (unpaired) electrons. The molecule has 0 spiro atoms. The van der Waals surface area contributed by atoms with Crippen molar-refractivity contribution in [2.75, 3.05) is 12.4 Å². The minimum absolute atomic E-state index is 0.0255. The van der Waals surface area contributed by atoms with Gasteiger partial charge in [0.1, 0.15) is 5.75 Å². The quantitative estimate of drug-likeness (QED) is 0.418. The third-order valence-corrected chi connectivity index (χ3v) is 6.39. The predicted molar refractivity (Wildman–Crippen MR) is 115 cm³/mol. The summed E-state index contributed by atoms with van der Waals surface area (Å²) in [5.74, 6) is 0.554. The number of nitro benzene ring substituents is 1. The summed E-state index contributed by atoms with van der Waals surface area (Å²) < 4.78 is 30.5. The number of nitrogens with zero attached hydrogens (tertiary/aromatic N) is 1. The van der Waals surface area contributed by atoms with Crippen molar-refractivity contribution in [3.8, 4) is 5.75 Å².